The Morgan fingerprint density at radius 1 is 0.939 bits per heavy atom. The van der Waals surface area contributed by atoms with Crippen molar-refractivity contribution in [1.82, 2.24) is 5.32 Å². The zero-order valence-electron chi connectivity index (χ0n) is 18.4. The molecule has 0 radical (unpaired) electrons. The average Bonchev–Trinajstić information content (AvgIpc) is 2.84. The lowest BCUT2D eigenvalue weighted by Crippen LogP contribution is -2.26. The Balaban J connectivity index is 1.54. The van der Waals surface area contributed by atoms with E-state index in [2.05, 4.69) is 10.6 Å². The van der Waals surface area contributed by atoms with Gasteiger partial charge in [0.05, 0.1) is 25.5 Å². The van der Waals surface area contributed by atoms with E-state index < -0.39 is 0 Å². The van der Waals surface area contributed by atoms with Crippen molar-refractivity contribution in [3.63, 3.8) is 0 Å². The van der Waals surface area contributed by atoms with Crippen molar-refractivity contribution in [2.45, 2.75) is 11.3 Å². The first-order chi connectivity index (χ1) is 16.0. The Labute approximate surface area is 196 Å². The summed E-state index contributed by atoms with van der Waals surface area (Å²) in [6.45, 7) is 0.420. The second kappa shape index (κ2) is 11.9. The maximum absolute atomic E-state index is 13.0. The fourth-order valence-corrected chi connectivity index (χ4v) is 3.95. The van der Waals surface area contributed by atoms with E-state index >= 15 is 0 Å². The number of benzene rings is 3. The molecule has 0 saturated heterocycles. The standard InChI is InChI=1S/C25H25FN2O4S/c1-31-21-12-11-19(15-22(21)32-2)28-24(29)16-33-23-6-4-3-5-20(23)25(30)27-14-13-17-7-9-18(26)10-8-17/h3-12,15H,13-14,16H2,1-2H3,(H,27,30)(H,28,29). The van der Waals surface area contributed by atoms with E-state index in [1.807, 2.05) is 12.1 Å². The van der Waals surface area contributed by atoms with Crippen molar-refractivity contribution < 1.29 is 23.5 Å². The number of halogens is 1. The van der Waals surface area contributed by atoms with Gasteiger partial charge >= 0.3 is 0 Å². The van der Waals surface area contributed by atoms with Gasteiger partial charge in [0.2, 0.25) is 5.91 Å². The summed E-state index contributed by atoms with van der Waals surface area (Å²) in [4.78, 5) is 25.8. The van der Waals surface area contributed by atoms with Crippen molar-refractivity contribution in [3.8, 4) is 11.5 Å². The van der Waals surface area contributed by atoms with Gasteiger partial charge in [-0.1, -0.05) is 24.3 Å². The molecule has 0 aliphatic rings. The molecule has 6 nitrogen and oxygen atoms in total. The fraction of sp³-hybridized carbons (Fsp3) is 0.200. The van der Waals surface area contributed by atoms with Crippen molar-refractivity contribution in [2.24, 2.45) is 0 Å². The van der Waals surface area contributed by atoms with Crippen molar-refractivity contribution in [3.05, 3.63) is 83.7 Å². The highest BCUT2D eigenvalue weighted by molar-refractivity contribution is 8.00. The van der Waals surface area contributed by atoms with E-state index in [9.17, 15) is 14.0 Å². The first kappa shape index (κ1) is 24.1. The lowest BCUT2D eigenvalue weighted by molar-refractivity contribution is -0.113. The molecule has 3 aromatic rings. The molecule has 3 rings (SSSR count). The summed E-state index contributed by atoms with van der Waals surface area (Å²) < 4.78 is 23.5. The van der Waals surface area contributed by atoms with E-state index in [1.165, 1.54) is 31.0 Å². The van der Waals surface area contributed by atoms with Crippen LogP contribution in [0.2, 0.25) is 0 Å². The molecule has 3 aromatic carbocycles. The molecule has 2 amide bonds. The number of amides is 2. The van der Waals surface area contributed by atoms with Crippen LogP contribution in [0.4, 0.5) is 10.1 Å². The van der Waals surface area contributed by atoms with Gasteiger partial charge in [-0.2, -0.15) is 0 Å². The van der Waals surface area contributed by atoms with Crippen LogP contribution in [-0.2, 0) is 11.2 Å². The minimum absolute atomic E-state index is 0.133. The van der Waals surface area contributed by atoms with Crippen molar-refractivity contribution in [2.75, 3.05) is 31.8 Å². The average molecular weight is 469 g/mol. The van der Waals surface area contributed by atoms with Crippen LogP contribution in [0.25, 0.3) is 0 Å². The highest BCUT2D eigenvalue weighted by atomic mass is 32.2. The van der Waals surface area contributed by atoms with E-state index in [4.69, 9.17) is 9.47 Å². The Bertz CT molecular complexity index is 1110. The minimum atomic E-state index is -0.288. The normalized spacial score (nSPS) is 10.4. The van der Waals surface area contributed by atoms with Crippen LogP contribution in [0.1, 0.15) is 15.9 Å². The third-order valence-electron chi connectivity index (χ3n) is 4.77. The monoisotopic (exact) mass is 468 g/mol. The number of nitrogens with one attached hydrogen (secondary N) is 2. The molecule has 33 heavy (non-hydrogen) atoms. The number of carbonyl (C=O) groups is 2. The molecule has 2 N–H and O–H groups in total. The van der Waals surface area contributed by atoms with Crippen LogP contribution in [0.15, 0.2) is 71.6 Å². The van der Waals surface area contributed by atoms with Crippen LogP contribution in [-0.4, -0.2) is 38.3 Å². The predicted molar refractivity (Wildman–Crippen MR) is 128 cm³/mol. The maximum Gasteiger partial charge on any atom is 0.252 e. The molecule has 0 spiro atoms. The second-order valence-corrected chi connectivity index (χ2v) is 8.05. The van der Waals surface area contributed by atoms with Gasteiger partial charge in [0, 0.05) is 23.2 Å². The van der Waals surface area contributed by atoms with Crippen LogP contribution in [0, 0.1) is 5.82 Å². The van der Waals surface area contributed by atoms with Crippen molar-refractivity contribution >= 4 is 29.3 Å². The SMILES string of the molecule is COc1ccc(NC(=O)CSc2ccccc2C(=O)NCCc2ccc(F)cc2)cc1OC. The molecule has 0 aliphatic heterocycles. The van der Waals surface area contributed by atoms with Gasteiger partial charge < -0.3 is 20.1 Å². The smallest absolute Gasteiger partial charge is 0.252 e. The zero-order valence-corrected chi connectivity index (χ0v) is 19.2. The number of thioether (sulfide) groups is 1. The molecule has 0 aromatic heterocycles. The second-order valence-electron chi connectivity index (χ2n) is 7.04. The first-order valence-electron chi connectivity index (χ1n) is 10.3. The molecule has 172 valence electrons. The Morgan fingerprint density at radius 2 is 1.67 bits per heavy atom. The molecular weight excluding hydrogens is 443 g/mol. The molecule has 0 atom stereocenters. The summed E-state index contributed by atoms with van der Waals surface area (Å²) in [5, 5.41) is 5.70. The van der Waals surface area contributed by atoms with Gasteiger partial charge in [0.25, 0.3) is 5.91 Å². The number of ether oxygens (including phenoxy) is 2. The summed E-state index contributed by atoms with van der Waals surface area (Å²) in [6.07, 6.45) is 0.592. The number of rotatable bonds is 10. The third-order valence-corrected chi connectivity index (χ3v) is 5.84. The number of anilines is 1. The fourth-order valence-electron chi connectivity index (χ4n) is 3.10. The molecular formula is C25H25FN2O4S. The van der Waals surface area contributed by atoms with E-state index in [-0.39, 0.29) is 23.4 Å². The Kier molecular flexibility index (Phi) is 8.71. The number of carbonyl (C=O) groups excluding carboxylic acids is 2. The van der Waals surface area contributed by atoms with Crippen LogP contribution in [0.3, 0.4) is 0 Å². The third kappa shape index (κ3) is 6.98. The van der Waals surface area contributed by atoms with Gasteiger partial charge in [-0.05, 0) is 48.4 Å². The highest BCUT2D eigenvalue weighted by Gasteiger charge is 2.13. The van der Waals surface area contributed by atoms with Gasteiger partial charge in [0.1, 0.15) is 5.82 Å². The molecule has 0 fully saturated rings. The largest absolute Gasteiger partial charge is 0.493 e. The predicted octanol–water partition coefficient (Wildman–Crippen LogP) is 4.55. The molecule has 0 bridgehead atoms. The molecule has 0 aliphatic carbocycles. The molecule has 8 heteroatoms. The van der Waals surface area contributed by atoms with Gasteiger partial charge in [0.15, 0.2) is 11.5 Å². The van der Waals surface area contributed by atoms with Gasteiger partial charge in [-0.3, -0.25) is 9.59 Å². The molecule has 0 unspecified atom stereocenters. The highest BCUT2D eigenvalue weighted by Crippen LogP contribution is 2.30. The summed E-state index contributed by atoms with van der Waals surface area (Å²) in [7, 11) is 3.07. The van der Waals surface area contributed by atoms with Crippen LogP contribution >= 0.6 is 11.8 Å². The number of hydrogen-bond donors (Lipinski definition) is 2. The molecule has 0 saturated carbocycles. The maximum atomic E-state index is 13.0. The van der Waals surface area contributed by atoms with Gasteiger partial charge in [-0.25, -0.2) is 4.39 Å². The first-order valence-corrected chi connectivity index (χ1v) is 11.2. The Hall–Kier alpha value is -3.52. The topological polar surface area (TPSA) is 76.7 Å². The quantitative estimate of drug-likeness (QED) is 0.427. The minimum Gasteiger partial charge on any atom is -0.493 e. The number of hydrogen-bond acceptors (Lipinski definition) is 5. The van der Waals surface area contributed by atoms with Crippen LogP contribution < -0.4 is 20.1 Å². The van der Waals surface area contributed by atoms with E-state index in [0.717, 1.165) is 5.56 Å². The lowest BCUT2D eigenvalue weighted by atomic mass is 10.1. The van der Waals surface area contributed by atoms with Gasteiger partial charge in [-0.15, -0.1) is 11.8 Å². The lowest BCUT2D eigenvalue weighted by Gasteiger charge is -2.12. The summed E-state index contributed by atoms with van der Waals surface area (Å²) in [5.41, 5.74) is 2.02. The van der Waals surface area contributed by atoms with E-state index in [1.54, 1.807) is 49.6 Å². The number of methoxy groups -OCH3 is 2. The Morgan fingerprint density at radius 3 is 2.39 bits per heavy atom. The summed E-state index contributed by atoms with van der Waals surface area (Å²) in [6, 6.07) is 18.5. The van der Waals surface area contributed by atoms with E-state index in [0.29, 0.717) is 40.6 Å². The van der Waals surface area contributed by atoms with Crippen molar-refractivity contribution in [1.29, 1.82) is 0 Å². The summed E-state index contributed by atoms with van der Waals surface area (Å²) >= 11 is 1.28. The van der Waals surface area contributed by atoms with Crippen LogP contribution in [0.5, 0.6) is 11.5 Å². The summed E-state index contributed by atoms with van der Waals surface area (Å²) in [5.74, 6) is 0.506. The zero-order chi connectivity index (χ0) is 23.6. The molecule has 0 heterocycles.